The van der Waals surface area contributed by atoms with Gasteiger partial charge in [-0.25, -0.2) is 8.42 Å². The maximum atomic E-state index is 12.7. The van der Waals surface area contributed by atoms with Crippen molar-refractivity contribution in [2.45, 2.75) is 19.9 Å². The number of sulfonamides is 1. The van der Waals surface area contributed by atoms with Gasteiger partial charge < -0.3 is 14.8 Å². The minimum absolute atomic E-state index is 0.0746. The summed E-state index contributed by atoms with van der Waals surface area (Å²) in [5.41, 5.74) is 1.01. The molecule has 1 N–H and O–H groups in total. The minimum Gasteiger partial charge on any atom is -0.493 e. The standard InChI is InChI=1S/C20H25N3O7S/c1-13-6-8-16(23(25)26)11-17(13)22(31(5,27)28)12-20(24)21-14(2)15-7-9-18(29-3)19(10-15)30-4/h6-11,14H,12H2,1-5H3,(H,21,24)/t14-/m1/s1. The summed E-state index contributed by atoms with van der Waals surface area (Å²) < 4.78 is 36.0. The topological polar surface area (TPSA) is 128 Å². The summed E-state index contributed by atoms with van der Waals surface area (Å²) in [5, 5.41) is 13.8. The van der Waals surface area contributed by atoms with Crippen molar-refractivity contribution in [3.05, 3.63) is 57.6 Å². The van der Waals surface area contributed by atoms with E-state index >= 15 is 0 Å². The number of aryl methyl sites for hydroxylation is 1. The fourth-order valence-electron chi connectivity index (χ4n) is 2.98. The van der Waals surface area contributed by atoms with Crippen LogP contribution in [0.25, 0.3) is 0 Å². The Morgan fingerprint density at radius 2 is 1.81 bits per heavy atom. The van der Waals surface area contributed by atoms with E-state index in [0.29, 0.717) is 17.1 Å². The molecule has 0 unspecified atom stereocenters. The first-order chi connectivity index (χ1) is 14.5. The number of rotatable bonds is 9. The molecule has 2 rings (SSSR count). The van der Waals surface area contributed by atoms with Crippen molar-refractivity contribution in [1.29, 1.82) is 0 Å². The largest absolute Gasteiger partial charge is 0.493 e. The summed E-state index contributed by atoms with van der Waals surface area (Å²) in [7, 11) is -0.876. The van der Waals surface area contributed by atoms with Crippen molar-refractivity contribution in [2.75, 3.05) is 31.3 Å². The van der Waals surface area contributed by atoms with Gasteiger partial charge in [-0.05, 0) is 37.1 Å². The predicted octanol–water partition coefficient (Wildman–Crippen LogP) is 2.56. The lowest BCUT2D eigenvalue weighted by Gasteiger charge is -2.24. The number of carbonyl (C=O) groups excluding carboxylic acids is 1. The summed E-state index contributed by atoms with van der Waals surface area (Å²) in [6, 6.07) is 8.57. The highest BCUT2D eigenvalue weighted by atomic mass is 32.2. The quantitative estimate of drug-likeness (QED) is 0.458. The summed E-state index contributed by atoms with van der Waals surface area (Å²) in [6.07, 6.45) is 0.941. The average Bonchev–Trinajstić information content (AvgIpc) is 2.71. The molecule has 0 saturated carbocycles. The van der Waals surface area contributed by atoms with Crippen molar-refractivity contribution >= 4 is 27.3 Å². The van der Waals surface area contributed by atoms with Gasteiger partial charge in [0, 0.05) is 12.1 Å². The maximum absolute atomic E-state index is 12.7. The molecule has 0 aliphatic heterocycles. The van der Waals surface area contributed by atoms with Gasteiger partial charge in [-0.3, -0.25) is 19.2 Å². The first-order valence-corrected chi connectivity index (χ1v) is 11.1. The van der Waals surface area contributed by atoms with Gasteiger partial charge in [0.05, 0.1) is 37.1 Å². The molecule has 1 atom stereocenters. The Balaban J connectivity index is 2.27. The molecule has 0 bridgehead atoms. The van der Waals surface area contributed by atoms with Crippen LogP contribution in [-0.2, 0) is 14.8 Å². The molecule has 168 valence electrons. The summed E-state index contributed by atoms with van der Waals surface area (Å²) in [5.74, 6) is 0.457. The smallest absolute Gasteiger partial charge is 0.271 e. The molecule has 0 spiro atoms. The van der Waals surface area contributed by atoms with Crippen LogP contribution in [0.2, 0.25) is 0 Å². The fraction of sp³-hybridized carbons (Fsp3) is 0.350. The molecule has 0 radical (unpaired) electrons. The first kappa shape index (κ1) is 23.9. The Morgan fingerprint density at radius 1 is 1.16 bits per heavy atom. The third kappa shape index (κ3) is 5.85. The van der Waals surface area contributed by atoms with Crippen molar-refractivity contribution in [3.63, 3.8) is 0 Å². The number of amides is 1. The zero-order chi connectivity index (χ0) is 23.3. The zero-order valence-corrected chi connectivity index (χ0v) is 18.7. The molecule has 0 aliphatic rings. The number of hydrogen-bond donors (Lipinski definition) is 1. The number of ether oxygens (including phenoxy) is 2. The third-order valence-corrected chi connectivity index (χ3v) is 5.77. The van der Waals surface area contributed by atoms with Crippen LogP contribution in [0.15, 0.2) is 36.4 Å². The summed E-state index contributed by atoms with van der Waals surface area (Å²) in [6.45, 7) is 2.82. The van der Waals surface area contributed by atoms with Crippen LogP contribution < -0.4 is 19.1 Å². The highest BCUT2D eigenvalue weighted by Gasteiger charge is 2.25. The van der Waals surface area contributed by atoms with Crippen LogP contribution in [-0.4, -0.2) is 46.3 Å². The molecule has 0 aliphatic carbocycles. The van der Waals surface area contributed by atoms with Gasteiger partial charge in [0.2, 0.25) is 15.9 Å². The molecule has 1 amide bonds. The van der Waals surface area contributed by atoms with Crippen LogP contribution >= 0.6 is 0 Å². The molecule has 0 fully saturated rings. The number of nitrogens with one attached hydrogen (secondary N) is 1. The number of carbonyl (C=O) groups is 1. The van der Waals surface area contributed by atoms with Crippen molar-refractivity contribution < 1.29 is 27.6 Å². The Bertz CT molecular complexity index is 1090. The van der Waals surface area contributed by atoms with E-state index < -0.39 is 33.4 Å². The van der Waals surface area contributed by atoms with E-state index in [4.69, 9.17) is 9.47 Å². The first-order valence-electron chi connectivity index (χ1n) is 9.22. The van der Waals surface area contributed by atoms with Crippen LogP contribution in [0.3, 0.4) is 0 Å². The van der Waals surface area contributed by atoms with Crippen LogP contribution in [0.4, 0.5) is 11.4 Å². The van der Waals surface area contributed by atoms with E-state index in [2.05, 4.69) is 5.32 Å². The molecule has 2 aromatic rings. The van der Waals surface area contributed by atoms with E-state index in [-0.39, 0.29) is 11.4 Å². The molecule has 11 heteroatoms. The van der Waals surface area contributed by atoms with E-state index in [9.17, 15) is 23.3 Å². The molecular weight excluding hydrogens is 426 g/mol. The molecule has 0 aromatic heterocycles. The number of hydrogen-bond acceptors (Lipinski definition) is 7. The Kier molecular flexibility index (Phi) is 7.45. The normalized spacial score (nSPS) is 12.0. The Morgan fingerprint density at radius 3 is 2.35 bits per heavy atom. The highest BCUT2D eigenvalue weighted by Crippen LogP contribution is 2.30. The van der Waals surface area contributed by atoms with Crippen molar-refractivity contribution in [2.24, 2.45) is 0 Å². The number of nitrogens with zero attached hydrogens (tertiary/aromatic N) is 2. The predicted molar refractivity (Wildman–Crippen MR) is 116 cm³/mol. The number of nitro groups is 1. The van der Waals surface area contributed by atoms with Gasteiger partial charge in [-0.2, -0.15) is 0 Å². The van der Waals surface area contributed by atoms with Crippen LogP contribution in [0.5, 0.6) is 11.5 Å². The lowest BCUT2D eigenvalue weighted by atomic mass is 10.1. The molecule has 10 nitrogen and oxygen atoms in total. The van der Waals surface area contributed by atoms with Gasteiger partial charge in [-0.1, -0.05) is 12.1 Å². The SMILES string of the molecule is COc1ccc([C@@H](C)NC(=O)CN(c2cc([N+](=O)[O-])ccc2C)S(C)(=O)=O)cc1OC. The van der Waals surface area contributed by atoms with E-state index in [1.807, 2.05) is 0 Å². The maximum Gasteiger partial charge on any atom is 0.271 e. The van der Waals surface area contributed by atoms with Crippen LogP contribution in [0, 0.1) is 17.0 Å². The Hall–Kier alpha value is -3.34. The third-order valence-electron chi connectivity index (χ3n) is 4.64. The zero-order valence-electron chi connectivity index (χ0n) is 17.9. The average molecular weight is 452 g/mol. The Labute approximate surface area is 181 Å². The molecule has 2 aromatic carbocycles. The number of benzene rings is 2. The van der Waals surface area contributed by atoms with Crippen LogP contribution in [0.1, 0.15) is 24.1 Å². The molecular formula is C20H25N3O7S. The monoisotopic (exact) mass is 451 g/mol. The number of methoxy groups -OCH3 is 2. The van der Waals surface area contributed by atoms with Crippen molar-refractivity contribution in [3.8, 4) is 11.5 Å². The molecule has 31 heavy (non-hydrogen) atoms. The van der Waals surface area contributed by atoms with E-state index in [1.54, 1.807) is 32.0 Å². The van der Waals surface area contributed by atoms with Gasteiger partial charge in [0.15, 0.2) is 11.5 Å². The second-order valence-electron chi connectivity index (χ2n) is 6.90. The highest BCUT2D eigenvalue weighted by molar-refractivity contribution is 7.92. The lowest BCUT2D eigenvalue weighted by Crippen LogP contribution is -2.41. The summed E-state index contributed by atoms with van der Waals surface area (Å²) in [4.78, 5) is 23.1. The van der Waals surface area contributed by atoms with E-state index in [1.165, 1.54) is 26.4 Å². The van der Waals surface area contributed by atoms with Crippen molar-refractivity contribution in [1.82, 2.24) is 5.32 Å². The number of non-ortho nitro benzene ring substituents is 1. The minimum atomic E-state index is -3.88. The van der Waals surface area contributed by atoms with Gasteiger partial charge in [0.25, 0.3) is 5.69 Å². The second-order valence-corrected chi connectivity index (χ2v) is 8.81. The fourth-order valence-corrected chi connectivity index (χ4v) is 3.89. The van der Waals surface area contributed by atoms with Gasteiger partial charge in [-0.15, -0.1) is 0 Å². The number of anilines is 1. The number of nitro benzene ring substituents is 1. The van der Waals surface area contributed by atoms with E-state index in [0.717, 1.165) is 22.2 Å². The molecule has 0 saturated heterocycles. The van der Waals surface area contributed by atoms with Gasteiger partial charge in [0.1, 0.15) is 6.54 Å². The molecule has 0 heterocycles. The second kappa shape index (κ2) is 9.65. The summed E-state index contributed by atoms with van der Waals surface area (Å²) >= 11 is 0. The lowest BCUT2D eigenvalue weighted by molar-refractivity contribution is -0.384. The van der Waals surface area contributed by atoms with Gasteiger partial charge >= 0.3 is 0 Å².